The maximum absolute atomic E-state index is 6.04. The van der Waals surface area contributed by atoms with Gasteiger partial charge in [0.05, 0.1) is 5.38 Å². The molecule has 0 fully saturated rings. The molecule has 0 radical (unpaired) electrons. The van der Waals surface area contributed by atoms with E-state index in [9.17, 15) is 0 Å². The summed E-state index contributed by atoms with van der Waals surface area (Å²) in [6, 6.07) is 0. The predicted molar refractivity (Wildman–Crippen MR) is 141 cm³/mol. The zero-order valence-electron chi connectivity index (χ0n) is 20.1. The van der Waals surface area contributed by atoms with Crippen LogP contribution in [-0.2, 0) is 0 Å². The zero-order chi connectivity index (χ0) is 22.8. The van der Waals surface area contributed by atoms with Crippen molar-refractivity contribution in [3.05, 3.63) is 36.5 Å². The van der Waals surface area contributed by atoms with Gasteiger partial charge < -0.3 is 0 Å². The number of hydrogen-bond donors (Lipinski definition) is 0. The van der Waals surface area contributed by atoms with Crippen LogP contribution >= 0.6 is 34.8 Å². The highest BCUT2D eigenvalue weighted by molar-refractivity contribution is 6.29. The lowest BCUT2D eigenvalue weighted by Crippen LogP contribution is -2.13. The van der Waals surface area contributed by atoms with Crippen molar-refractivity contribution in [3.63, 3.8) is 0 Å². The highest BCUT2D eigenvalue weighted by Crippen LogP contribution is 2.18. The lowest BCUT2D eigenvalue weighted by atomic mass is 10.1. The fourth-order valence-corrected chi connectivity index (χ4v) is 3.10. The first kappa shape index (κ1) is 33.7. The highest BCUT2D eigenvalue weighted by atomic mass is 35.5. The average molecular weight is 468 g/mol. The second-order valence-corrected chi connectivity index (χ2v) is 8.77. The Hall–Kier alpha value is 0.0900. The molecule has 0 aromatic heterocycles. The minimum atomic E-state index is 0.123. The molecule has 174 valence electrons. The molecule has 0 saturated heterocycles. The van der Waals surface area contributed by atoms with Crippen molar-refractivity contribution in [1.29, 1.82) is 0 Å². The molecule has 0 aliphatic carbocycles. The van der Waals surface area contributed by atoms with Crippen LogP contribution in [0, 0.1) is 0 Å². The Morgan fingerprint density at radius 2 is 0.931 bits per heavy atom. The molecule has 3 heteroatoms. The van der Waals surface area contributed by atoms with Gasteiger partial charge in [0.1, 0.15) is 0 Å². The summed E-state index contributed by atoms with van der Waals surface area (Å²) in [5, 5.41) is 0.640. The first-order valence-corrected chi connectivity index (χ1v) is 13.1. The largest absolute Gasteiger partial charge is 0.123 e. The van der Waals surface area contributed by atoms with Gasteiger partial charge in [-0.2, -0.15) is 0 Å². The molecular formula is C26H49Cl3. The first-order valence-electron chi connectivity index (χ1n) is 11.8. The van der Waals surface area contributed by atoms with E-state index in [0.29, 0.717) is 5.38 Å². The summed E-state index contributed by atoms with van der Waals surface area (Å²) >= 11 is 18.0. The van der Waals surface area contributed by atoms with Crippen molar-refractivity contribution in [2.24, 2.45) is 0 Å². The quantitative estimate of drug-likeness (QED) is 0.176. The fraction of sp³-hybridized carbons (Fsp3) is 0.769. The van der Waals surface area contributed by atoms with Crippen LogP contribution in [0.5, 0.6) is 0 Å². The van der Waals surface area contributed by atoms with E-state index in [-0.39, 0.29) is 10.8 Å². The molecule has 0 bridgehead atoms. The molecule has 0 saturated carbocycles. The van der Waals surface area contributed by atoms with E-state index < -0.39 is 0 Å². The van der Waals surface area contributed by atoms with Crippen molar-refractivity contribution >= 4 is 34.8 Å². The number of alkyl halides is 3. The summed E-state index contributed by atoms with van der Waals surface area (Å²) in [7, 11) is 0. The first-order chi connectivity index (χ1) is 13.9. The molecule has 29 heavy (non-hydrogen) atoms. The SMILES string of the molecule is CC/C=C\CC.CC/C=C\CCC(Cl)C(Cl)CC.CC/C=C\CCC(Cl)CCC. The molecule has 0 aliphatic rings. The third-order valence-corrected chi connectivity index (χ3v) is 5.78. The molecule has 0 spiro atoms. The van der Waals surface area contributed by atoms with Gasteiger partial charge in [-0.25, -0.2) is 0 Å². The van der Waals surface area contributed by atoms with Crippen molar-refractivity contribution in [2.45, 2.75) is 128 Å². The molecule has 0 aromatic carbocycles. The molecule has 0 heterocycles. The van der Waals surface area contributed by atoms with Crippen LogP contribution in [0.1, 0.15) is 112 Å². The summed E-state index contributed by atoms with van der Waals surface area (Å²) in [6.07, 6.45) is 25.3. The van der Waals surface area contributed by atoms with E-state index in [1.54, 1.807) is 0 Å². The van der Waals surface area contributed by atoms with Crippen LogP contribution in [0.2, 0.25) is 0 Å². The summed E-state index contributed by atoms with van der Waals surface area (Å²) in [4.78, 5) is 0. The maximum Gasteiger partial charge on any atom is 0.0502 e. The maximum atomic E-state index is 6.04. The summed E-state index contributed by atoms with van der Waals surface area (Å²) in [5.74, 6) is 0. The van der Waals surface area contributed by atoms with Crippen LogP contribution in [0.25, 0.3) is 0 Å². The van der Waals surface area contributed by atoms with E-state index in [4.69, 9.17) is 34.8 Å². The Kier molecular flexibility index (Phi) is 35.2. The number of allylic oxidation sites excluding steroid dienone is 6. The lowest BCUT2D eigenvalue weighted by Gasteiger charge is -2.12. The smallest absolute Gasteiger partial charge is 0.0502 e. The third-order valence-electron chi connectivity index (χ3n) is 4.08. The van der Waals surface area contributed by atoms with Crippen LogP contribution in [-0.4, -0.2) is 16.1 Å². The standard InChI is InChI=1S/C10H18Cl2.C10H19Cl.C6H12/c1-3-5-6-7-8-10(12)9(11)4-2;1-3-5-6-7-9-10(11)8-4-2;1-3-5-6-4-2/h5-6,9-10H,3-4,7-8H2,1-2H3;5-6,10H,3-4,7-9H2,1-2H3;5-6H,3-4H2,1-2H3/b3*6-5-. The molecule has 0 amide bonds. The normalized spacial score (nSPS) is 14.4. The molecule has 0 aromatic rings. The predicted octanol–water partition coefficient (Wildman–Crippen LogP) is 10.9. The minimum Gasteiger partial charge on any atom is -0.123 e. The Balaban J connectivity index is -0.000000369. The van der Waals surface area contributed by atoms with Gasteiger partial charge in [-0.1, -0.05) is 84.4 Å². The van der Waals surface area contributed by atoms with Crippen molar-refractivity contribution in [3.8, 4) is 0 Å². The Labute approximate surface area is 199 Å². The fourth-order valence-electron chi connectivity index (χ4n) is 2.33. The average Bonchev–Trinajstić information content (AvgIpc) is 2.73. The van der Waals surface area contributed by atoms with E-state index in [0.717, 1.165) is 51.4 Å². The van der Waals surface area contributed by atoms with Crippen LogP contribution < -0.4 is 0 Å². The van der Waals surface area contributed by atoms with Crippen molar-refractivity contribution in [1.82, 2.24) is 0 Å². The van der Waals surface area contributed by atoms with Gasteiger partial charge >= 0.3 is 0 Å². The summed E-state index contributed by atoms with van der Waals surface area (Å²) in [6.45, 7) is 12.8. The van der Waals surface area contributed by atoms with Crippen molar-refractivity contribution < 1.29 is 0 Å². The zero-order valence-corrected chi connectivity index (χ0v) is 22.4. The van der Waals surface area contributed by atoms with E-state index in [1.807, 2.05) is 0 Å². The second-order valence-electron chi connectivity index (χ2n) is 7.03. The van der Waals surface area contributed by atoms with Crippen LogP contribution in [0.15, 0.2) is 36.5 Å². The molecule has 3 unspecified atom stereocenters. The molecule has 0 rings (SSSR count). The highest BCUT2D eigenvalue weighted by Gasteiger charge is 2.12. The molecule has 0 N–H and O–H groups in total. The van der Waals surface area contributed by atoms with E-state index in [2.05, 4.69) is 78.0 Å². The van der Waals surface area contributed by atoms with Gasteiger partial charge in [0, 0.05) is 10.8 Å². The van der Waals surface area contributed by atoms with Crippen LogP contribution in [0.3, 0.4) is 0 Å². The minimum absolute atomic E-state index is 0.123. The van der Waals surface area contributed by atoms with Gasteiger partial charge in [0.15, 0.2) is 0 Å². The van der Waals surface area contributed by atoms with Gasteiger partial charge in [-0.3, -0.25) is 0 Å². The topological polar surface area (TPSA) is 0 Å². The molecule has 0 nitrogen and oxygen atoms in total. The van der Waals surface area contributed by atoms with Gasteiger partial charge in [-0.15, -0.1) is 34.8 Å². The monoisotopic (exact) mass is 466 g/mol. The van der Waals surface area contributed by atoms with Crippen molar-refractivity contribution in [2.75, 3.05) is 0 Å². The number of rotatable bonds is 14. The number of hydrogen-bond acceptors (Lipinski definition) is 0. The Morgan fingerprint density at radius 3 is 1.31 bits per heavy atom. The third kappa shape index (κ3) is 32.9. The van der Waals surface area contributed by atoms with Gasteiger partial charge in [0.25, 0.3) is 0 Å². The van der Waals surface area contributed by atoms with Gasteiger partial charge in [0.2, 0.25) is 0 Å². The van der Waals surface area contributed by atoms with E-state index >= 15 is 0 Å². The lowest BCUT2D eigenvalue weighted by molar-refractivity contribution is 0.683. The molecule has 0 aliphatic heterocycles. The Bertz CT molecular complexity index is 355. The summed E-state index contributed by atoms with van der Waals surface area (Å²) < 4.78 is 0. The van der Waals surface area contributed by atoms with Crippen LogP contribution in [0.4, 0.5) is 0 Å². The van der Waals surface area contributed by atoms with E-state index in [1.165, 1.54) is 19.3 Å². The second kappa shape index (κ2) is 30.3. The van der Waals surface area contributed by atoms with Gasteiger partial charge in [-0.05, 0) is 64.2 Å². The Morgan fingerprint density at radius 1 is 0.517 bits per heavy atom. The molecule has 3 atom stereocenters. The molecular weight excluding hydrogens is 419 g/mol. The number of halogens is 3. The summed E-state index contributed by atoms with van der Waals surface area (Å²) in [5.41, 5.74) is 0.